The highest BCUT2D eigenvalue weighted by molar-refractivity contribution is 5.67. The fourth-order valence-corrected chi connectivity index (χ4v) is 4.36. The third-order valence-corrected chi connectivity index (χ3v) is 5.95. The predicted octanol–water partition coefficient (Wildman–Crippen LogP) is 5.83. The number of halogens is 6. The van der Waals surface area contributed by atoms with Crippen LogP contribution in [0.1, 0.15) is 36.8 Å². The van der Waals surface area contributed by atoms with Gasteiger partial charge in [0.1, 0.15) is 0 Å². The van der Waals surface area contributed by atoms with E-state index in [-0.39, 0.29) is 30.7 Å². The summed E-state index contributed by atoms with van der Waals surface area (Å²) < 4.78 is 77.1. The summed E-state index contributed by atoms with van der Waals surface area (Å²) in [6, 6.07) is 4.65. The van der Waals surface area contributed by atoms with Crippen LogP contribution in [0.5, 0.6) is 0 Å². The van der Waals surface area contributed by atoms with E-state index in [0.29, 0.717) is 31.5 Å². The van der Waals surface area contributed by atoms with Crippen molar-refractivity contribution in [3.63, 3.8) is 0 Å². The van der Waals surface area contributed by atoms with E-state index in [1.807, 2.05) is 4.90 Å². The Morgan fingerprint density at radius 3 is 2.26 bits per heavy atom. The summed E-state index contributed by atoms with van der Waals surface area (Å²) in [4.78, 5) is 13.2. The van der Waals surface area contributed by atoms with Gasteiger partial charge in [0.25, 0.3) is 0 Å². The monoisotopic (exact) mass is 447 g/mol. The van der Waals surface area contributed by atoms with Crippen LogP contribution in [0, 0.1) is 11.8 Å². The molecule has 0 aromatic heterocycles. The quantitative estimate of drug-likeness (QED) is 0.578. The predicted molar refractivity (Wildman–Crippen MR) is 102 cm³/mol. The fraction of sp³-hybridized carbons (Fsp3) is 0.500. The second kappa shape index (κ2) is 9.06. The Labute approximate surface area is 176 Å². The Kier molecular flexibility index (Phi) is 6.83. The van der Waals surface area contributed by atoms with Crippen LogP contribution >= 0.6 is 0 Å². The molecule has 9 heteroatoms. The lowest BCUT2D eigenvalue weighted by Gasteiger charge is -2.43. The molecule has 0 spiro atoms. The summed E-state index contributed by atoms with van der Waals surface area (Å²) in [5.41, 5.74) is -0.773. The van der Waals surface area contributed by atoms with Crippen molar-refractivity contribution in [1.29, 1.82) is 0 Å². The topological polar surface area (TPSA) is 40.5 Å². The molecule has 0 bridgehead atoms. The maximum absolute atomic E-state index is 12.9. The van der Waals surface area contributed by atoms with E-state index in [1.54, 1.807) is 0 Å². The molecule has 0 radical (unpaired) electrons. The van der Waals surface area contributed by atoms with Crippen LogP contribution in [0.25, 0.3) is 0 Å². The summed E-state index contributed by atoms with van der Waals surface area (Å²) in [7, 11) is 0. The van der Waals surface area contributed by atoms with E-state index in [1.165, 1.54) is 18.2 Å². The molecule has 1 fully saturated rings. The van der Waals surface area contributed by atoms with Crippen LogP contribution in [0.15, 0.2) is 48.1 Å². The van der Waals surface area contributed by atoms with Gasteiger partial charge in [-0.1, -0.05) is 30.4 Å². The Bertz CT molecular complexity index is 841. The van der Waals surface area contributed by atoms with Gasteiger partial charge in [-0.3, -0.25) is 9.69 Å². The van der Waals surface area contributed by atoms with E-state index in [2.05, 4.69) is 0 Å². The van der Waals surface area contributed by atoms with Crippen LogP contribution in [-0.2, 0) is 17.5 Å². The molecule has 1 heterocycles. The lowest BCUT2D eigenvalue weighted by Crippen LogP contribution is -2.46. The molecule has 1 aliphatic carbocycles. The Balaban J connectivity index is 1.75. The van der Waals surface area contributed by atoms with Gasteiger partial charge in [0, 0.05) is 19.0 Å². The van der Waals surface area contributed by atoms with Crippen molar-refractivity contribution < 1.29 is 36.2 Å². The molecule has 1 aliphatic heterocycles. The largest absolute Gasteiger partial charge is 0.481 e. The van der Waals surface area contributed by atoms with Crippen molar-refractivity contribution >= 4 is 5.97 Å². The minimum atomic E-state index is -4.42. The van der Waals surface area contributed by atoms with Crippen molar-refractivity contribution in [2.24, 2.45) is 11.8 Å². The zero-order valence-corrected chi connectivity index (χ0v) is 16.6. The molecule has 1 unspecified atom stereocenters. The minimum absolute atomic E-state index is 0.00923. The van der Waals surface area contributed by atoms with Crippen LogP contribution in [-0.4, -0.2) is 34.7 Å². The van der Waals surface area contributed by atoms with E-state index >= 15 is 0 Å². The van der Waals surface area contributed by atoms with Crippen LogP contribution < -0.4 is 0 Å². The lowest BCUT2D eigenvalue weighted by molar-refractivity contribution is -0.139. The smallest absolute Gasteiger partial charge is 0.416 e. The van der Waals surface area contributed by atoms with Gasteiger partial charge in [0.15, 0.2) is 0 Å². The number of rotatable bonds is 5. The molecule has 1 aromatic rings. The average molecular weight is 447 g/mol. The lowest BCUT2D eigenvalue weighted by atomic mass is 9.79. The van der Waals surface area contributed by atoms with E-state index in [0.717, 1.165) is 24.3 Å². The standard InChI is InChI=1S/C22H23F6NO2/c23-21(24,25)17-5-1-14(2-6-17)13-29-10-9-15(12-20(30)31)11-19(29)16-3-7-18(8-4-16)22(26,27)28/h1-3,5-8,15-16,19H,4,9-13H2,(H,30,31)/t15-,16?,19+/m0/s1. The van der Waals surface area contributed by atoms with Crippen molar-refractivity contribution in [2.75, 3.05) is 6.54 Å². The van der Waals surface area contributed by atoms with Crippen molar-refractivity contribution in [3.8, 4) is 0 Å². The van der Waals surface area contributed by atoms with Gasteiger partial charge in [-0.05, 0) is 55.3 Å². The highest BCUT2D eigenvalue weighted by Crippen LogP contribution is 2.37. The molecule has 0 saturated carbocycles. The van der Waals surface area contributed by atoms with Gasteiger partial charge in [-0.25, -0.2) is 0 Å². The van der Waals surface area contributed by atoms with E-state index in [4.69, 9.17) is 5.11 Å². The highest BCUT2D eigenvalue weighted by Gasteiger charge is 2.37. The molecule has 3 rings (SSSR count). The zero-order valence-electron chi connectivity index (χ0n) is 16.6. The Morgan fingerprint density at radius 1 is 1.06 bits per heavy atom. The first kappa shape index (κ1) is 23.4. The van der Waals surface area contributed by atoms with Gasteiger partial charge in [-0.2, -0.15) is 26.3 Å². The van der Waals surface area contributed by atoms with Gasteiger partial charge >= 0.3 is 18.3 Å². The van der Waals surface area contributed by atoms with Gasteiger partial charge in [0.05, 0.1) is 11.1 Å². The Morgan fingerprint density at radius 2 is 1.74 bits per heavy atom. The summed E-state index contributed by atoms with van der Waals surface area (Å²) in [5, 5.41) is 9.13. The highest BCUT2D eigenvalue weighted by atomic mass is 19.4. The molecule has 1 saturated heterocycles. The van der Waals surface area contributed by atoms with Crippen LogP contribution in [0.4, 0.5) is 26.3 Å². The Hall–Kier alpha value is -2.29. The van der Waals surface area contributed by atoms with Gasteiger partial charge in [0.2, 0.25) is 0 Å². The minimum Gasteiger partial charge on any atom is -0.481 e. The first-order valence-electron chi connectivity index (χ1n) is 10.0. The maximum Gasteiger partial charge on any atom is 0.416 e. The summed E-state index contributed by atoms with van der Waals surface area (Å²) in [5.74, 6) is -1.23. The number of hydrogen-bond acceptors (Lipinski definition) is 2. The fourth-order valence-electron chi connectivity index (χ4n) is 4.36. The normalized spacial score (nSPS) is 25.4. The number of nitrogens with zero attached hydrogens (tertiary/aromatic N) is 1. The average Bonchev–Trinajstić information content (AvgIpc) is 2.68. The number of hydrogen-bond donors (Lipinski definition) is 1. The first-order valence-corrected chi connectivity index (χ1v) is 10.0. The number of likely N-dealkylation sites (tertiary alicyclic amines) is 1. The molecule has 3 nitrogen and oxygen atoms in total. The van der Waals surface area contributed by atoms with Crippen molar-refractivity contribution in [1.82, 2.24) is 4.90 Å². The summed E-state index contributed by atoms with van der Waals surface area (Å²) in [6.07, 6.45) is -3.81. The maximum atomic E-state index is 12.9. The SMILES string of the molecule is O=C(O)C[C@H]1CCN(Cc2ccc(C(F)(F)F)cc2)[C@@H](C2C=CC(C(F)(F)F)=CC2)C1. The number of carboxylic acid groups (broad SMARTS) is 1. The molecule has 1 N–H and O–H groups in total. The number of benzene rings is 1. The first-order chi connectivity index (χ1) is 14.4. The number of carbonyl (C=O) groups is 1. The second-order valence-corrected chi connectivity index (χ2v) is 8.14. The molecule has 31 heavy (non-hydrogen) atoms. The molecule has 0 amide bonds. The molecule has 2 aliphatic rings. The van der Waals surface area contributed by atoms with E-state index < -0.39 is 29.5 Å². The molecule has 1 aromatic carbocycles. The number of alkyl halides is 6. The summed E-state index contributed by atoms with van der Waals surface area (Å²) >= 11 is 0. The van der Waals surface area contributed by atoms with Crippen molar-refractivity contribution in [3.05, 3.63) is 59.2 Å². The number of piperidine rings is 1. The number of carboxylic acids is 1. The third kappa shape index (κ3) is 6.12. The van der Waals surface area contributed by atoms with Gasteiger partial charge in [-0.15, -0.1) is 0 Å². The zero-order chi connectivity index (χ0) is 22.8. The molecule has 170 valence electrons. The van der Waals surface area contributed by atoms with Crippen molar-refractivity contribution in [2.45, 2.75) is 50.6 Å². The second-order valence-electron chi connectivity index (χ2n) is 8.14. The number of aliphatic carboxylic acids is 1. The van der Waals surface area contributed by atoms with Gasteiger partial charge < -0.3 is 5.11 Å². The number of allylic oxidation sites excluding steroid dienone is 3. The van der Waals surface area contributed by atoms with Crippen LogP contribution in [0.2, 0.25) is 0 Å². The third-order valence-electron chi connectivity index (χ3n) is 5.95. The molecular weight excluding hydrogens is 424 g/mol. The molecule has 3 atom stereocenters. The molecular formula is C22H23F6NO2. The summed E-state index contributed by atoms with van der Waals surface area (Å²) in [6.45, 7) is 0.882. The van der Waals surface area contributed by atoms with E-state index in [9.17, 15) is 31.1 Å². The van der Waals surface area contributed by atoms with Crippen LogP contribution in [0.3, 0.4) is 0 Å².